The molecule has 128 valence electrons. The summed E-state index contributed by atoms with van der Waals surface area (Å²) in [5.74, 6) is 0.937. The molecule has 4 heteroatoms. The van der Waals surface area contributed by atoms with Crippen LogP contribution in [0.15, 0.2) is 54.7 Å². The lowest BCUT2D eigenvalue weighted by Gasteiger charge is -2.58. The zero-order valence-electron chi connectivity index (χ0n) is 14.2. The van der Waals surface area contributed by atoms with E-state index in [-0.39, 0.29) is 11.4 Å². The number of hydrogen-bond acceptors (Lipinski definition) is 3. The molecule has 1 spiro atoms. The number of ether oxygens (including phenoxy) is 1. The number of amides is 1. The van der Waals surface area contributed by atoms with E-state index >= 15 is 0 Å². The molecule has 0 N–H and O–H groups in total. The third kappa shape index (κ3) is 3.29. The number of hydrogen-bond donors (Lipinski definition) is 0. The maximum Gasteiger partial charge on any atom is 0.247 e. The van der Waals surface area contributed by atoms with Gasteiger partial charge in [0.05, 0.1) is 5.69 Å². The predicted molar refractivity (Wildman–Crippen MR) is 97.0 cm³/mol. The van der Waals surface area contributed by atoms with Crippen LogP contribution in [0.4, 0.5) is 0 Å². The van der Waals surface area contributed by atoms with Crippen molar-refractivity contribution in [1.29, 1.82) is 0 Å². The number of aromatic nitrogens is 1. The third-order valence-electron chi connectivity index (χ3n) is 5.33. The standard InChI is InChI=1S/C21H22N2O2/c24-20(23-15-13-21(23)11-3-12-21)10-7-17-5-8-19(9-6-17)25-16-18-4-1-2-14-22-18/h1-2,4-10,14H,3,11-13,15-16H2. The Hall–Kier alpha value is -2.62. The SMILES string of the molecule is O=C(C=Cc1ccc(OCc2ccccn2)cc1)N1CCC12CCC2. The molecule has 1 aromatic carbocycles. The van der Waals surface area contributed by atoms with Crippen molar-refractivity contribution >= 4 is 12.0 Å². The van der Waals surface area contributed by atoms with Crippen LogP contribution >= 0.6 is 0 Å². The number of carbonyl (C=O) groups excluding carboxylic acids is 1. The smallest absolute Gasteiger partial charge is 0.247 e. The van der Waals surface area contributed by atoms with Crippen LogP contribution in [-0.4, -0.2) is 27.9 Å². The summed E-state index contributed by atoms with van der Waals surface area (Å²) in [6.07, 6.45) is 10.1. The third-order valence-corrected chi connectivity index (χ3v) is 5.33. The van der Waals surface area contributed by atoms with Crippen molar-refractivity contribution in [3.05, 3.63) is 66.0 Å². The summed E-state index contributed by atoms with van der Waals surface area (Å²) >= 11 is 0. The van der Waals surface area contributed by atoms with Crippen molar-refractivity contribution in [2.24, 2.45) is 0 Å². The van der Waals surface area contributed by atoms with Gasteiger partial charge in [0, 0.05) is 24.4 Å². The topological polar surface area (TPSA) is 42.4 Å². The van der Waals surface area contributed by atoms with Gasteiger partial charge in [-0.2, -0.15) is 0 Å². The quantitative estimate of drug-likeness (QED) is 0.781. The van der Waals surface area contributed by atoms with Gasteiger partial charge in [-0.3, -0.25) is 9.78 Å². The van der Waals surface area contributed by atoms with Crippen LogP contribution in [0.2, 0.25) is 0 Å². The zero-order chi connectivity index (χ0) is 17.1. The first-order chi connectivity index (χ1) is 12.3. The van der Waals surface area contributed by atoms with Gasteiger partial charge in [0.15, 0.2) is 0 Å². The van der Waals surface area contributed by atoms with Crippen molar-refractivity contribution in [2.75, 3.05) is 6.54 Å². The molecule has 0 atom stereocenters. The molecule has 1 saturated heterocycles. The second-order valence-corrected chi connectivity index (χ2v) is 6.83. The Morgan fingerprint density at radius 1 is 1.16 bits per heavy atom. The molecular weight excluding hydrogens is 312 g/mol. The molecule has 4 rings (SSSR count). The number of likely N-dealkylation sites (tertiary alicyclic amines) is 1. The fourth-order valence-electron chi connectivity index (χ4n) is 3.56. The van der Waals surface area contributed by atoms with Gasteiger partial charge in [-0.25, -0.2) is 0 Å². The fourth-order valence-corrected chi connectivity index (χ4v) is 3.56. The molecule has 4 nitrogen and oxygen atoms in total. The molecule has 2 fully saturated rings. The van der Waals surface area contributed by atoms with E-state index in [1.165, 1.54) is 25.7 Å². The van der Waals surface area contributed by atoms with Crippen LogP contribution in [0.3, 0.4) is 0 Å². The predicted octanol–water partition coefficient (Wildman–Crippen LogP) is 3.83. The summed E-state index contributed by atoms with van der Waals surface area (Å²) in [5, 5.41) is 0. The highest BCUT2D eigenvalue weighted by atomic mass is 16.5. The number of rotatable bonds is 5. The van der Waals surface area contributed by atoms with Gasteiger partial charge in [-0.05, 0) is 61.6 Å². The molecule has 25 heavy (non-hydrogen) atoms. The highest BCUT2D eigenvalue weighted by Crippen LogP contribution is 2.47. The lowest BCUT2D eigenvalue weighted by atomic mass is 9.68. The van der Waals surface area contributed by atoms with Crippen molar-refractivity contribution in [3.8, 4) is 5.75 Å². The maximum absolute atomic E-state index is 12.3. The van der Waals surface area contributed by atoms with Crippen molar-refractivity contribution in [3.63, 3.8) is 0 Å². The number of carbonyl (C=O) groups is 1. The summed E-state index contributed by atoms with van der Waals surface area (Å²) in [6.45, 7) is 1.36. The van der Waals surface area contributed by atoms with Crippen molar-refractivity contribution < 1.29 is 9.53 Å². The highest BCUT2D eigenvalue weighted by Gasteiger charge is 2.50. The van der Waals surface area contributed by atoms with Gasteiger partial charge in [-0.1, -0.05) is 18.2 Å². The largest absolute Gasteiger partial charge is 0.487 e. The van der Waals surface area contributed by atoms with Crippen molar-refractivity contribution in [2.45, 2.75) is 37.8 Å². The minimum atomic E-state index is 0.140. The summed E-state index contributed by atoms with van der Waals surface area (Å²) in [6, 6.07) is 13.5. The van der Waals surface area contributed by atoms with Crippen LogP contribution in [-0.2, 0) is 11.4 Å². The van der Waals surface area contributed by atoms with E-state index in [0.29, 0.717) is 6.61 Å². The van der Waals surface area contributed by atoms with Gasteiger partial charge in [0.25, 0.3) is 0 Å². The summed E-state index contributed by atoms with van der Waals surface area (Å²) in [5.41, 5.74) is 2.11. The molecule has 0 unspecified atom stereocenters. The maximum atomic E-state index is 12.3. The molecule has 2 heterocycles. The van der Waals surface area contributed by atoms with E-state index in [1.54, 1.807) is 12.3 Å². The Morgan fingerprint density at radius 2 is 2.00 bits per heavy atom. The molecule has 1 saturated carbocycles. The minimum Gasteiger partial charge on any atom is -0.487 e. The first kappa shape index (κ1) is 15.9. The van der Waals surface area contributed by atoms with Crippen LogP contribution in [0.1, 0.15) is 36.9 Å². The molecule has 2 aliphatic rings. The molecule has 1 amide bonds. The lowest BCUT2D eigenvalue weighted by Crippen LogP contribution is -2.65. The summed E-state index contributed by atoms with van der Waals surface area (Å²) in [4.78, 5) is 18.6. The lowest BCUT2D eigenvalue weighted by molar-refractivity contribution is -0.149. The van der Waals surface area contributed by atoms with E-state index in [2.05, 4.69) is 4.98 Å². The zero-order valence-corrected chi connectivity index (χ0v) is 14.2. The van der Waals surface area contributed by atoms with Gasteiger partial charge >= 0.3 is 0 Å². The Balaban J connectivity index is 1.32. The number of nitrogens with zero attached hydrogens (tertiary/aromatic N) is 2. The number of benzene rings is 1. The molecule has 1 aliphatic carbocycles. The van der Waals surface area contributed by atoms with Crippen LogP contribution in [0, 0.1) is 0 Å². The van der Waals surface area contributed by atoms with E-state index in [1.807, 2.05) is 53.4 Å². The monoisotopic (exact) mass is 334 g/mol. The molecule has 1 aliphatic heterocycles. The minimum absolute atomic E-state index is 0.140. The number of pyridine rings is 1. The van der Waals surface area contributed by atoms with E-state index < -0.39 is 0 Å². The first-order valence-corrected chi connectivity index (χ1v) is 8.88. The van der Waals surface area contributed by atoms with Gasteiger partial charge in [0.1, 0.15) is 12.4 Å². The Labute approximate surface area is 148 Å². The Morgan fingerprint density at radius 3 is 2.60 bits per heavy atom. The van der Waals surface area contributed by atoms with Gasteiger partial charge < -0.3 is 9.64 Å². The summed E-state index contributed by atoms with van der Waals surface area (Å²) in [7, 11) is 0. The molecule has 0 radical (unpaired) electrons. The van der Waals surface area contributed by atoms with Gasteiger partial charge in [-0.15, -0.1) is 0 Å². The van der Waals surface area contributed by atoms with E-state index in [4.69, 9.17) is 4.74 Å². The average molecular weight is 334 g/mol. The molecule has 2 aromatic rings. The van der Waals surface area contributed by atoms with Crippen LogP contribution in [0.25, 0.3) is 6.08 Å². The molecule has 1 aromatic heterocycles. The van der Waals surface area contributed by atoms with Crippen LogP contribution < -0.4 is 4.74 Å². The molecule has 0 bridgehead atoms. The van der Waals surface area contributed by atoms with Crippen LogP contribution in [0.5, 0.6) is 5.75 Å². The van der Waals surface area contributed by atoms with Crippen molar-refractivity contribution in [1.82, 2.24) is 9.88 Å². The second kappa shape index (κ2) is 6.71. The second-order valence-electron chi connectivity index (χ2n) is 6.83. The molecular formula is C21H22N2O2. The fraction of sp³-hybridized carbons (Fsp3) is 0.333. The van der Waals surface area contributed by atoms with E-state index in [0.717, 1.165) is 23.6 Å². The normalized spacial score (nSPS) is 18.0. The Kier molecular flexibility index (Phi) is 4.26. The van der Waals surface area contributed by atoms with E-state index in [9.17, 15) is 4.79 Å². The Bertz CT molecular complexity index is 759. The first-order valence-electron chi connectivity index (χ1n) is 8.88. The summed E-state index contributed by atoms with van der Waals surface area (Å²) < 4.78 is 5.73. The highest BCUT2D eigenvalue weighted by molar-refractivity contribution is 5.93. The van der Waals surface area contributed by atoms with Gasteiger partial charge in [0.2, 0.25) is 5.91 Å². The average Bonchev–Trinajstić information content (AvgIpc) is 2.58.